The Balaban J connectivity index is 1.81. The summed E-state index contributed by atoms with van der Waals surface area (Å²) in [4.78, 5) is 0. The van der Waals surface area contributed by atoms with Gasteiger partial charge in [0.15, 0.2) is 0 Å². The highest BCUT2D eigenvalue weighted by molar-refractivity contribution is 6.31. The molecule has 1 unspecified atom stereocenters. The van der Waals surface area contributed by atoms with Gasteiger partial charge in [0.05, 0.1) is 6.04 Å². The van der Waals surface area contributed by atoms with Gasteiger partial charge in [0.25, 0.3) is 0 Å². The van der Waals surface area contributed by atoms with E-state index in [1.165, 1.54) is 44.9 Å². The van der Waals surface area contributed by atoms with Crippen molar-refractivity contribution in [1.29, 1.82) is 0 Å². The zero-order chi connectivity index (χ0) is 13.9. The second-order valence-electron chi connectivity index (χ2n) is 5.96. The number of furan rings is 1. The molecule has 1 aromatic carbocycles. The second kappa shape index (κ2) is 6.19. The van der Waals surface area contributed by atoms with Gasteiger partial charge >= 0.3 is 0 Å². The molecule has 0 radical (unpaired) electrons. The molecule has 1 aliphatic carbocycles. The molecule has 1 saturated carbocycles. The Hall–Kier alpha value is -0.990. The SMILES string of the molecule is NC(c1cc2cc(Cl)ccc2o1)C1CCCCCCC1. The molecule has 3 rings (SSSR count). The topological polar surface area (TPSA) is 39.2 Å². The Labute approximate surface area is 125 Å². The Kier molecular flexibility index (Phi) is 4.32. The van der Waals surface area contributed by atoms with Crippen LogP contribution in [0.15, 0.2) is 28.7 Å². The molecule has 2 aromatic rings. The van der Waals surface area contributed by atoms with Crippen molar-refractivity contribution < 1.29 is 4.42 Å². The minimum atomic E-state index is 0.0132. The minimum absolute atomic E-state index is 0.0132. The summed E-state index contributed by atoms with van der Waals surface area (Å²) in [6.45, 7) is 0. The molecule has 0 spiro atoms. The van der Waals surface area contributed by atoms with Crippen LogP contribution in [0.25, 0.3) is 11.0 Å². The van der Waals surface area contributed by atoms with Gasteiger partial charge in [0.2, 0.25) is 0 Å². The third-order valence-corrected chi connectivity index (χ3v) is 4.72. The minimum Gasteiger partial charge on any atom is -0.459 e. The van der Waals surface area contributed by atoms with Crippen molar-refractivity contribution in [3.05, 3.63) is 35.0 Å². The maximum atomic E-state index is 6.47. The summed E-state index contributed by atoms with van der Waals surface area (Å²) < 4.78 is 5.93. The molecule has 1 heterocycles. The summed E-state index contributed by atoms with van der Waals surface area (Å²) >= 11 is 6.02. The van der Waals surface area contributed by atoms with E-state index in [1.54, 1.807) is 0 Å². The third kappa shape index (κ3) is 3.02. The molecule has 0 saturated heterocycles. The highest BCUT2D eigenvalue weighted by Crippen LogP contribution is 2.34. The number of halogens is 1. The fraction of sp³-hybridized carbons (Fsp3) is 0.529. The highest BCUT2D eigenvalue weighted by Gasteiger charge is 2.23. The van der Waals surface area contributed by atoms with Crippen LogP contribution >= 0.6 is 11.6 Å². The Morgan fingerprint density at radius 1 is 1.05 bits per heavy atom. The first-order valence-corrected chi connectivity index (χ1v) is 8.06. The molecule has 3 heteroatoms. The number of rotatable bonds is 2. The van der Waals surface area contributed by atoms with E-state index in [-0.39, 0.29) is 6.04 Å². The van der Waals surface area contributed by atoms with Gasteiger partial charge < -0.3 is 10.2 Å². The van der Waals surface area contributed by atoms with Crippen LogP contribution in [0.5, 0.6) is 0 Å². The Bertz CT molecular complexity index is 569. The van der Waals surface area contributed by atoms with Gasteiger partial charge in [-0.2, -0.15) is 0 Å². The highest BCUT2D eigenvalue weighted by atomic mass is 35.5. The molecular formula is C17H22ClNO. The molecule has 1 aromatic heterocycles. The van der Waals surface area contributed by atoms with Crippen molar-refractivity contribution in [2.24, 2.45) is 11.7 Å². The van der Waals surface area contributed by atoms with Gasteiger partial charge in [-0.25, -0.2) is 0 Å². The van der Waals surface area contributed by atoms with Crippen molar-refractivity contribution in [3.63, 3.8) is 0 Å². The average molecular weight is 292 g/mol. The first-order valence-electron chi connectivity index (χ1n) is 7.68. The van der Waals surface area contributed by atoms with Gasteiger partial charge in [-0.05, 0) is 43.0 Å². The van der Waals surface area contributed by atoms with Crippen LogP contribution in [0.1, 0.15) is 56.7 Å². The summed E-state index contributed by atoms with van der Waals surface area (Å²) in [6.07, 6.45) is 9.11. The molecule has 20 heavy (non-hydrogen) atoms. The van der Waals surface area contributed by atoms with Gasteiger partial charge in [0.1, 0.15) is 11.3 Å². The standard InChI is InChI=1S/C17H22ClNO/c18-14-8-9-15-13(10-14)11-16(20-15)17(19)12-6-4-2-1-3-5-7-12/h8-12,17H,1-7,19H2. The van der Waals surface area contributed by atoms with Gasteiger partial charge in [-0.15, -0.1) is 0 Å². The normalized spacial score (nSPS) is 19.7. The van der Waals surface area contributed by atoms with Crippen molar-refractivity contribution in [2.45, 2.75) is 51.0 Å². The zero-order valence-electron chi connectivity index (χ0n) is 11.8. The van der Waals surface area contributed by atoms with E-state index in [4.69, 9.17) is 21.8 Å². The van der Waals surface area contributed by atoms with Crippen LogP contribution in [0.3, 0.4) is 0 Å². The van der Waals surface area contributed by atoms with Crippen LogP contribution < -0.4 is 5.73 Å². The first-order chi connectivity index (χ1) is 9.74. The molecule has 1 atom stereocenters. The predicted octanol–water partition coefficient (Wildman–Crippen LogP) is 5.45. The summed E-state index contributed by atoms with van der Waals surface area (Å²) in [6, 6.07) is 7.79. The molecule has 2 N–H and O–H groups in total. The molecule has 0 aliphatic heterocycles. The van der Waals surface area contributed by atoms with Gasteiger partial charge in [0, 0.05) is 10.4 Å². The van der Waals surface area contributed by atoms with Crippen LogP contribution in [0.4, 0.5) is 0 Å². The molecule has 0 amide bonds. The smallest absolute Gasteiger partial charge is 0.134 e. The molecular weight excluding hydrogens is 270 g/mol. The maximum Gasteiger partial charge on any atom is 0.134 e. The average Bonchev–Trinajstić information content (AvgIpc) is 2.80. The quantitative estimate of drug-likeness (QED) is 0.799. The van der Waals surface area contributed by atoms with E-state index in [0.29, 0.717) is 5.92 Å². The number of fused-ring (bicyclic) bond motifs is 1. The van der Waals surface area contributed by atoms with Crippen LogP contribution in [0.2, 0.25) is 5.02 Å². The van der Waals surface area contributed by atoms with E-state index in [9.17, 15) is 0 Å². The molecule has 0 bridgehead atoms. The monoisotopic (exact) mass is 291 g/mol. The lowest BCUT2D eigenvalue weighted by molar-refractivity contribution is 0.301. The van der Waals surface area contributed by atoms with E-state index in [1.807, 2.05) is 18.2 Å². The van der Waals surface area contributed by atoms with Crippen molar-refractivity contribution in [1.82, 2.24) is 0 Å². The van der Waals surface area contributed by atoms with Crippen LogP contribution in [0, 0.1) is 5.92 Å². The van der Waals surface area contributed by atoms with Crippen molar-refractivity contribution in [3.8, 4) is 0 Å². The van der Waals surface area contributed by atoms with Gasteiger partial charge in [-0.3, -0.25) is 0 Å². The first kappa shape index (κ1) is 14.0. The fourth-order valence-electron chi connectivity index (χ4n) is 3.28. The maximum absolute atomic E-state index is 6.47. The Morgan fingerprint density at radius 2 is 1.75 bits per heavy atom. The van der Waals surface area contributed by atoms with Crippen LogP contribution in [-0.2, 0) is 0 Å². The summed E-state index contributed by atoms with van der Waals surface area (Å²) in [5, 5.41) is 1.79. The molecule has 2 nitrogen and oxygen atoms in total. The lowest BCUT2D eigenvalue weighted by atomic mass is 9.85. The molecule has 1 aliphatic rings. The predicted molar refractivity (Wildman–Crippen MR) is 84.0 cm³/mol. The van der Waals surface area contributed by atoms with Gasteiger partial charge in [-0.1, -0.05) is 43.7 Å². The third-order valence-electron chi connectivity index (χ3n) is 4.48. The fourth-order valence-corrected chi connectivity index (χ4v) is 3.46. The lowest BCUT2D eigenvalue weighted by Gasteiger charge is -2.24. The number of hydrogen-bond acceptors (Lipinski definition) is 2. The van der Waals surface area contributed by atoms with E-state index in [0.717, 1.165) is 21.8 Å². The summed E-state index contributed by atoms with van der Waals surface area (Å²) in [7, 11) is 0. The van der Waals surface area contributed by atoms with Crippen LogP contribution in [-0.4, -0.2) is 0 Å². The van der Waals surface area contributed by atoms with E-state index < -0.39 is 0 Å². The largest absolute Gasteiger partial charge is 0.459 e. The number of nitrogens with two attached hydrogens (primary N) is 1. The number of benzene rings is 1. The van der Waals surface area contributed by atoms with E-state index >= 15 is 0 Å². The zero-order valence-corrected chi connectivity index (χ0v) is 12.5. The second-order valence-corrected chi connectivity index (χ2v) is 6.40. The van der Waals surface area contributed by atoms with Crippen molar-refractivity contribution >= 4 is 22.6 Å². The molecule has 1 fully saturated rings. The van der Waals surface area contributed by atoms with Crippen molar-refractivity contribution in [2.75, 3.05) is 0 Å². The number of hydrogen-bond donors (Lipinski definition) is 1. The lowest BCUT2D eigenvalue weighted by Crippen LogP contribution is -2.21. The Morgan fingerprint density at radius 3 is 2.50 bits per heavy atom. The van der Waals surface area contributed by atoms with E-state index in [2.05, 4.69) is 6.07 Å². The summed E-state index contributed by atoms with van der Waals surface area (Å²) in [5.74, 6) is 1.46. The molecule has 108 valence electrons. The summed E-state index contributed by atoms with van der Waals surface area (Å²) in [5.41, 5.74) is 7.35.